The van der Waals surface area contributed by atoms with E-state index in [0.717, 1.165) is 0 Å². The van der Waals surface area contributed by atoms with Crippen LogP contribution in [0.2, 0.25) is 0 Å². The third kappa shape index (κ3) is 3.87. The lowest BCUT2D eigenvalue weighted by Crippen LogP contribution is -2.39. The third-order valence-corrected chi connectivity index (χ3v) is 4.58. The van der Waals surface area contributed by atoms with E-state index in [9.17, 15) is 13.6 Å². The van der Waals surface area contributed by atoms with Crippen LogP contribution in [-0.2, 0) is 0 Å². The molecule has 1 amide bonds. The summed E-state index contributed by atoms with van der Waals surface area (Å²) >= 11 is 0. The van der Waals surface area contributed by atoms with E-state index in [0.29, 0.717) is 24.3 Å². The number of hydrogen-bond acceptors (Lipinski definition) is 4. The molecule has 28 heavy (non-hydrogen) atoms. The molecule has 1 aromatic carbocycles. The second-order valence-electron chi connectivity index (χ2n) is 7.56. The number of alkyl halides is 2. The predicted octanol–water partition coefficient (Wildman–Crippen LogP) is 3.39. The molecule has 0 fully saturated rings. The number of hydrogen-bond donors (Lipinski definition) is 1. The van der Waals surface area contributed by atoms with Crippen LogP contribution in [0.1, 0.15) is 36.3 Å². The fourth-order valence-corrected chi connectivity index (χ4v) is 3.04. The van der Waals surface area contributed by atoms with Crippen LogP contribution in [0.25, 0.3) is 16.9 Å². The van der Waals surface area contributed by atoms with E-state index in [4.69, 9.17) is 5.73 Å². The Kier molecular flexibility index (Phi) is 5.42. The lowest BCUT2D eigenvalue weighted by atomic mass is 9.93. The molecule has 0 aliphatic rings. The molecule has 2 aromatic heterocycles. The van der Waals surface area contributed by atoms with Gasteiger partial charge in [-0.05, 0) is 18.0 Å². The van der Waals surface area contributed by atoms with E-state index in [1.807, 2.05) is 32.0 Å². The van der Waals surface area contributed by atoms with E-state index in [1.165, 1.54) is 21.7 Å². The van der Waals surface area contributed by atoms with Crippen molar-refractivity contribution in [2.24, 2.45) is 11.1 Å². The average molecular weight is 387 g/mol. The van der Waals surface area contributed by atoms with Crippen LogP contribution in [0.3, 0.4) is 0 Å². The molecule has 2 heterocycles. The van der Waals surface area contributed by atoms with Gasteiger partial charge in [0.1, 0.15) is 11.3 Å². The first-order chi connectivity index (χ1) is 13.2. The van der Waals surface area contributed by atoms with Gasteiger partial charge in [0.05, 0.1) is 11.9 Å². The highest BCUT2D eigenvalue weighted by molar-refractivity contribution is 5.99. The van der Waals surface area contributed by atoms with Gasteiger partial charge in [-0.15, -0.1) is 0 Å². The molecule has 0 spiro atoms. The van der Waals surface area contributed by atoms with Gasteiger partial charge in [0.2, 0.25) is 0 Å². The average Bonchev–Trinajstić information content (AvgIpc) is 3.10. The first-order valence-electron chi connectivity index (χ1n) is 8.91. The van der Waals surface area contributed by atoms with Gasteiger partial charge < -0.3 is 10.6 Å². The van der Waals surface area contributed by atoms with Crippen molar-refractivity contribution in [3.63, 3.8) is 0 Å². The number of rotatable bonds is 6. The Labute approximate surface area is 162 Å². The van der Waals surface area contributed by atoms with Gasteiger partial charge in [-0.2, -0.15) is 5.10 Å². The molecule has 0 aliphatic heterocycles. The number of benzene rings is 1. The quantitative estimate of drug-likeness (QED) is 0.703. The SMILES string of the molecule is CN(CC(C)(C)CN)C(=O)c1cnn2c(-c3ccccc3)cc(C(F)F)nc12. The number of aromatic nitrogens is 3. The maximum Gasteiger partial charge on any atom is 0.280 e. The number of carbonyl (C=O) groups excluding carboxylic acids is 1. The molecule has 3 rings (SSSR count). The number of carbonyl (C=O) groups is 1. The van der Waals surface area contributed by atoms with Crippen molar-refractivity contribution in [3.8, 4) is 11.3 Å². The van der Waals surface area contributed by atoms with Gasteiger partial charge in [0.25, 0.3) is 12.3 Å². The zero-order chi connectivity index (χ0) is 20.5. The lowest BCUT2D eigenvalue weighted by molar-refractivity contribution is 0.0742. The molecular formula is C20H23F2N5O. The number of nitrogens with two attached hydrogens (primary N) is 1. The molecule has 0 radical (unpaired) electrons. The molecule has 0 saturated carbocycles. The van der Waals surface area contributed by atoms with Crippen molar-refractivity contribution >= 4 is 11.6 Å². The summed E-state index contributed by atoms with van der Waals surface area (Å²) in [7, 11) is 1.65. The predicted molar refractivity (Wildman–Crippen MR) is 103 cm³/mol. The molecule has 2 N–H and O–H groups in total. The second-order valence-corrected chi connectivity index (χ2v) is 7.56. The summed E-state index contributed by atoms with van der Waals surface area (Å²) in [5.41, 5.74) is 6.52. The first kappa shape index (κ1) is 19.9. The Hall–Kier alpha value is -2.87. The number of nitrogens with zero attached hydrogens (tertiary/aromatic N) is 4. The monoisotopic (exact) mass is 387 g/mol. The summed E-state index contributed by atoms with van der Waals surface area (Å²) in [4.78, 5) is 18.5. The highest BCUT2D eigenvalue weighted by atomic mass is 19.3. The molecular weight excluding hydrogens is 364 g/mol. The summed E-state index contributed by atoms with van der Waals surface area (Å²) < 4.78 is 28.3. The van der Waals surface area contributed by atoms with Crippen molar-refractivity contribution in [3.05, 3.63) is 53.9 Å². The minimum atomic E-state index is -2.76. The number of amides is 1. The fourth-order valence-electron chi connectivity index (χ4n) is 3.04. The Morgan fingerprint density at radius 3 is 2.57 bits per heavy atom. The van der Waals surface area contributed by atoms with Crippen molar-refractivity contribution in [2.75, 3.05) is 20.1 Å². The normalized spacial score (nSPS) is 12.0. The Balaban J connectivity index is 2.11. The zero-order valence-corrected chi connectivity index (χ0v) is 16.1. The van der Waals surface area contributed by atoms with Crippen LogP contribution < -0.4 is 5.73 Å². The van der Waals surface area contributed by atoms with E-state index in [2.05, 4.69) is 10.1 Å². The largest absolute Gasteiger partial charge is 0.341 e. The van der Waals surface area contributed by atoms with Crippen molar-refractivity contribution in [2.45, 2.75) is 20.3 Å². The summed E-state index contributed by atoms with van der Waals surface area (Å²) in [6.45, 7) is 4.73. The number of halogens is 2. The standard InChI is InChI=1S/C20H23F2N5O/c1-20(2,11-23)12-26(3)19(28)14-10-24-27-16(13-7-5-4-6-8-13)9-15(17(21)22)25-18(14)27/h4-10,17H,11-12,23H2,1-3H3. The Bertz CT molecular complexity index is 985. The smallest absolute Gasteiger partial charge is 0.280 e. The van der Waals surface area contributed by atoms with Gasteiger partial charge in [-0.25, -0.2) is 18.3 Å². The second kappa shape index (κ2) is 7.63. The fraction of sp³-hybridized carbons (Fsp3) is 0.350. The van der Waals surface area contributed by atoms with E-state index >= 15 is 0 Å². The van der Waals surface area contributed by atoms with Crippen LogP contribution in [-0.4, -0.2) is 45.5 Å². The molecule has 6 nitrogen and oxygen atoms in total. The molecule has 0 bridgehead atoms. The molecule has 0 saturated heterocycles. The summed E-state index contributed by atoms with van der Waals surface area (Å²) in [6, 6.07) is 10.3. The molecule has 8 heteroatoms. The third-order valence-electron chi connectivity index (χ3n) is 4.58. The maximum absolute atomic E-state index is 13.5. The zero-order valence-electron chi connectivity index (χ0n) is 16.1. The summed E-state index contributed by atoms with van der Waals surface area (Å²) in [5, 5.41) is 4.25. The minimum Gasteiger partial charge on any atom is -0.341 e. The summed E-state index contributed by atoms with van der Waals surface area (Å²) in [5.74, 6) is -0.338. The van der Waals surface area contributed by atoms with Gasteiger partial charge in [-0.3, -0.25) is 4.79 Å². The van der Waals surface area contributed by atoms with E-state index in [-0.39, 0.29) is 22.5 Å². The highest BCUT2D eigenvalue weighted by Crippen LogP contribution is 2.27. The molecule has 0 atom stereocenters. The lowest BCUT2D eigenvalue weighted by Gasteiger charge is -2.28. The minimum absolute atomic E-state index is 0.110. The van der Waals surface area contributed by atoms with Gasteiger partial charge in [0, 0.05) is 19.2 Å². The molecule has 3 aromatic rings. The van der Waals surface area contributed by atoms with Gasteiger partial charge >= 0.3 is 0 Å². The first-order valence-corrected chi connectivity index (χ1v) is 8.91. The Morgan fingerprint density at radius 1 is 1.29 bits per heavy atom. The van der Waals surface area contributed by atoms with Crippen LogP contribution in [0.5, 0.6) is 0 Å². The molecule has 0 unspecified atom stereocenters. The maximum atomic E-state index is 13.5. The van der Waals surface area contributed by atoms with Crippen molar-refractivity contribution < 1.29 is 13.6 Å². The van der Waals surface area contributed by atoms with Crippen molar-refractivity contribution in [1.29, 1.82) is 0 Å². The van der Waals surface area contributed by atoms with E-state index < -0.39 is 12.1 Å². The Morgan fingerprint density at radius 2 is 1.96 bits per heavy atom. The van der Waals surface area contributed by atoms with Gasteiger partial charge in [-0.1, -0.05) is 44.2 Å². The summed E-state index contributed by atoms with van der Waals surface area (Å²) in [6.07, 6.45) is -1.39. The number of fused-ring (bicyclic) bond motifs is 1. The van der Waals surface area contributed by atoms with Crippen LogP contribution in [0.4, 0.5) is 8.78 Å². The molecule has 148 valence electrons. The van der Waals surface area contributed by atoms with E-state index in [1.54, 1.807) is 19.2 Å². The highest BCUT2D eigenvalue weighted by Gasteiger charge is 2.26. The van der Waals surface area contributed by atoms with Crippen molar-refractivity contribution in [1.82, 2.24) is 19.5 Å². The van der Waals surface area contributed by atoms with Gasteiger partial charge in [0.15, 0.2) is 5.65 Å². The van der Waals surface area contributed by atoms with Crippen LogP contribution in [0, 0.1) is 5.41 Å². The topological polar surface area (TPSA) is 76.5 Å². The molecule has 0 aliphatic carbocycles. The van der Waals surface area contributed by atoms with Crippen LogP contribution >= 0.6 is 0 Å². The van der Waals surface area contributed by atoms with Crippen LogP contribution in [0.15, 0.2) is 42.6 Å².